The molecule has 2 amide bonds. The van der Waals surface area contributed by atoms with Gasteiger partial charge in [-0.3, -0.25) is 9.20 Å². The van der Waals surface area contributed by atoms with Crippen LogP contribution in [0, 0.1) is 13.8 Å². The number of amides is 2. The Morgan fingerprint density at radius 1 is 1.03 bits per heavy atom. The summed E-state index contributed by atoms with van der Waals surface area (Å²) < 4.78 is 7.25. The number of hydrogen-bond acceptors (Lipinski definition) is 4. The normalized spacial score (nSPS) is 10.7. The lowest BCUT2D eigenvalue weighted by atomic mass is 10.2. The van der Waals surface area contributed by atoms with E-state index in [-0.39, 0.29) is 18.2 Å². The van der Waals surface area contributed by atoms with E-state index in [0.717, 1.165) is 11.1 Å². The van der Waals surface area contributed by atoms with Crippen molar-refractivity contribution >= 4 is 34.7 Å². The predicted molar refractivity (Wildman–Crippen MR) is 126 cm³/mol. The highest BCUT2D eigenvalue weighted by molar-refractivity contribution is 6.31. The zero-order valence-electron chi connectivity index (χ0n) is 17.6. The van der Waals surface area contributed by atoms with Gasteiger partial charge in [0, 0.05) is 28.7 Å². The largest absolute Gasteiger partial charge is 0.487 e. The average Bonchev–Trinajstić information content (AvgIpc) is 2.75. The zero-order chi connectivity index (χ0) is 22.7. The van der Waals surface area contributed by atoms with Crippen molar-refractivity contribution < 1.29 is 9.53 Å². The number of nitrogens with one attached hydrogen (secondary N) is 2. The molecule has 162 valence electrons. The van der Waals surface area contributed by atoms with Crippen LogP contribution in [0.15, 0.2) is 71.7 Å². The van der Waals surface area contributed by atoms with Crippen molar-refractivity contribution in [2.24, 2.45) is 0 Å². The minimum atomic E-state index is -0.375. The second-order valence-corrected chi connectivity index (χ2v) is 7.81. The first-order valence-electron chi connectivity index (χ1n) is 9.93. The molecule has 7 nitrogen and oxygen atoms in total. The summed E-state index contributed by atoms with van der Waals surface area (Å²) in [5.41, 5.74) is 4.14. The van der Waals surface area contributed by atoms with E-state index in [1.165, 1.54) is 10.5 Å². The molecule has 0 unspecified atom stereocenters. The standard InChI is InChI=1S/C24H21ClN4O3/c1-15-9-10-29-22(11-15)26-19(13-23(29)30)14-32-20-7-5-18(6-8-20)27-24(31)28-21-12-17(25)4-3-16(21)2/h3-13H,14H2,1-2H3,(H2,27,28,31). The van der Waals surface area contributed by atoms with E-state index in [0.29, 0.717) is 33.5 Å². The fourth-order valence-corrected chi connectivity index (χ4v) is 3.31. The first-order chi connectivity index (χ1) is 15.4. The molecule has 2 N–H and O–H groups in total. The molecule has 32 heavy (non-hydrogen) atoms. The van der Waals surface area contributed by atoms with Crippen LogP contribution in [-0.2, 0) is 6.61 Å². The summed E-state index contributed by atoms with van der Waals surface area (Å²) in [5, 5.41) is 6.09. The average molecular weight is 449 g/mol. The Morgan fingerprint density at radius 3 is 2.59 bits per heavy atom. The van der Waals surface area contributed by atoms with Crippen molar-refractivity contribution in [3.8, 4) is 5.75 Å². The Morgan fingerprint density at radius 2 is 1.81 bits per heavy atom. The van der Waals surface area contributed by atoms with Crippen molar-refractivity contribution in [1.29, 1.82) is 0 Å². The Bertz CT molecular complexity index is 1350. The highest BCUT2D eigenvalue weighted by atomic mass is 35.5. The van der Waals surface area contributed by atoms with Gasteiger partial charge in [-0.15, -0.1) is 0 Å². The topological polar surface area (TPSA) is 84.7 Å². The minimum absolute atomic E-state index is 0.154. The predicted octanol–water partition coefficient (Wildman–Crippen LogP) is 5.19. The minimum Gasteiger partial charge on any atom is -0.487 e. The van der Waals surface area contributed by atoms with Crippen molar-refractivity contribution in [3.05, 3.63) is 99.1 Å². The number of aryl methyl sites for hydroxylation is 2. The molecule has 0 saturated carbocycles. The monoisotopic (exact) mass is 448 g/mol. The van der Waals surface area contributed by atoms with Gasteiger partial charge >= 0.3 is 6.03 Å². The zero-order valence-corrected chi connectivity index (χ0v) is 18.3. The van der Waals surface area contributed by atoms with Gasteiger partial charge in [0.15, 0.2) is 0 Å². The van der Waals surface area contributed by atoms with Crippen molar-refractivity contribution in [2.75, 3.05) is 10.6 Å². The van der Waals surface area contributed by atoms with Gasteiger partial charge in [-0.2, -0.15) is 0 Å². The summed E-state index contributed by atoms with van der Waals surface area (Å²) in [6.07, 6.45) is 1.71. The number of ether oxygens (including phenoxy) is 1. The van der Waals surface area contributed by atoms with Crippen LogP contribution < -0.4 is 20.9 Å². The van der Waals surface area contributed by atoms with Crippen LogP contribution >= 0.6 is 11.6 Å². The van der Waals surface area contributed by atoms with Crippen LogP contribution in [0.3, 0.4) is 0 Å². The molecule has 0 radical (unpaired) electrons. The number of rotatable bonds is 5. The number of nitrogens with zero attached hydrogens (tertiary/aromatic N) is 2. The molecule has 0 atom stereocenters. The summed E-state index contributed by atoms with van der Waals surface area (Å²) in [7, 11) is 0. The first kappa shape index (κ1) is 21.4. The maximum Gasteiger partial charge on any atom is 0.323 e. The maximum atomic E-state index is 12.3. The van der Waals surface area contributed by atoms with Crippen molar-refractivity contribution in [2.45, 2.75) is 20.5 Å². The SMILES string of the molecule is Cc1ccn2c(=O)cc(COc3ccc(NC(=O)Nc4cc(Cl)ccc4C)cc3)nc2c1. The van der Waals surface area contributed by atoms with Crippen molar-refractivity contribution in [1.82, 2.24) is 9.38 Å². The highest BCUT2D eigenvalue weighted by Gasteiger charge is 2.07. The number of urea groups is 1. The fraction of sp³-hybridized carbons (Fsp3) is 0.125. The van der Waals surface area contributed by atoms with Crippen LogP contribution in [-0.4, -0.2) is 15.4 Å². The molecule has 0 bridgehead atoms. The molecule has 8 heteroatoms. The number of halogens is 1. The van der Waals surface area contributed by atoms with E-state index in [1.807, 2.05) is 32.0 Å². The van der Waals surface area contributed by atoms with Gasteiger partial charge in [-0.25, -0.2) is 9.78 Å². The number of fused-ring (bicyclic) bond motifs is 1. The van der Waals surface area contributed by atoms with Gasteiger partial charge in [0.2, 0.25) is 0 Å². The van der Waals surface area contributed by atoms with Gasteiger partial charge in [-0.05, 0) is 73.5 Å². The quantitative estimate of drug-likeness (QED) is 0.440. The Hall–Kier alpha value is -3.84. The van der Waals surface area contributed by atoms with Gasteiger partial charge < -0.3 is 15.4 Å². The number of pyridine rings is 1. The van der Waals surface area contributed by atoms with Crippen LogP contribution in [0.4, 0.5) is 16.2 Å². The molecule has 4 rings (SSSR count). The molecule has 0 aliphatic heterocycles. The number of benzene rings is 2. The third-order valence-corrected chi connectivity index (χ3v) is 5.06. The number of carbonyl (C=O) groups is 1. The van der Waals surface area contributed by atoms with E-state index < -0.39 is 0 Å². The molecule has 2 aromatic carbocycles. The lowest BCUT2D eigenvalue weighted by Crippen LogP contribution is -2.19. The second-order valence-electron chi connectivity index (χ2n) is 7.37. The molecule has 4 aromatic rings. The molecule has 2 aromatic heterocycles. The summed E-state index contributed by atoms with van der Waals surface area (Å²) in [6, 6.07) is 17.0. The van der Waals surface area contributed by atoms with Crippen LogP contribution in [0.5, 0.6) is 5.75 Å². The fourth-order valence-electron chi connectivity index (χ4n) is 3.13. The molecular formula is C24H21ClN4O3. The molecule has 0 spiro atoms. The van der Waals surface area contributed by atoms with Gasteiger partial charge in [0.1, 0.15) is 18.0 Å². The summed E-state index contributed by atoms with van der Waals surface area (Å²) in [4.78, 5) is 29.0. The molecule has 2 heterocycles. The second kappa shape index (κ2) is 9.11. The summed E-state index contributed by atoms with van der Waals surface area (Å²) >= 11 is 5.99. The van der Waals surface area contributed by atoms with Gasteiger partial charge in [0.05, 0.1) is 5.69 Å². The number of hydrogen-bond donors (Lipinski definition) is 2. The van der Waals surface area contributed by atoms with Crippen LogP contribution in [0.2, 0.25) is 5.02 Å². The van der Waals surface area contributed by atoms with Crippen molar-refractivity contribution in [3.63, 3.8) is 0 Å². The number of aromatic nitrogens is 2. The first-order valence-corrected chi connectivity index (χ1v) is 10.3. The summed E-state index contributed by atoms with van der Waals surface area (Å²) in [6.45, 7) is 3.99. The summed E-state index contributed by atoms with van der Waals surface area (Å²) in [5.74, 6) is 0.591. The highest BCUT2D eigenvalue weighted by Crippen LogP contribution is 2.21. The molecule has 0 fully saturated rings. The van der Waals surface area contributed by atoms with Gasteiger partial charge in [0.25, 0.3) is 5.56 Å². The van der Waals surface area contributed by atoms with Crippen LogP contribution in [0.25, 0.3) is 5.65 Å². The molecule has 0 aliphatic rings. The number of carbonyl (C=O) groups excluding carboxylic acids is 1. The third kappa shape index (κ3) is 5.07. The molecule has 0 aliphatic carbocycles. The van der Waals surface area contributed by atoms with E-state index in [1.54, 1.807) is 42.6 Å². The van der Waals surface area contributed by atoms with E-state index >= 15 is 0 Å². The van der Waals surface area contributed by atoms with E-state index in [4.69, 9.17) is 16.3 Å². The maximum absolute atomic E-state index is 12.3. The third-order valence-electron chi connectivity index (χ3n) is 4.82. The molecular weight excluding hydrogens is 428 g/mol. The lowest BCUT2D eigenvalue weighted by Gasteiger charge is -2.11. The van der Waals surface area contributed by atoms with E-state index in [2.05, 4.69) is 15.6 Å². The number of anilines is 2. The Labute approximate surface area is 189 Å². The Balaban J connectivity index is 1.38. The lowest BCUT2D eigenvalue weighted by molar-refractivity contribution is 0.262. The Kier molecular flexibility index (Phi) is 6.09. The smallest absolute Gasteiger partial charge is 0.323 e. The molecule has 0 saturated heterocycles. The van der Waals surface area contributed by atoms with Crippen LogP contribution in [0.1, 0.15) is 16.8 Å². The van der Waals surface area contributed by atoms with E-state index in [9.17, 15) is 9.59 Å². The van der Waals surface area contributed by atoms with Gasteiger partial charge in [-0.1, -0.05) is 17.7 Å².